The Balaban J connectivity index is 1.70. The molecule has 2 heterocycles. The van der Waals surface area contributed by atoms with E-state index in [1.165, 1.54) is 42.5 Å². The average Bonchev–Trinajstić information content (AvgIpc) is 2.81. The molecule has 4 aromatic rings. The highest BCUT2D eigenvalue weighted by molar-refractivity contribution is 5.93. The number of phenols is 3. The van der Waals surface area contributed by atoms with Crippen LogP contribution in [-0.2, 0) is 0 Å². The van der Waals surface area contributed by atoms with Gasteiger partial charge in [-0.25, -0.2) is 0 Å². The van der Waals surface area contributed by atoms with Crippen LogP contribution in [0.15, 0.2) is 63.8 Å². The van der Waals surface area contributed by atoms with Crippen LogP contribution in [0.3, 0.4) is 0 Å². The molecule has 0 amide bonds. The van der Waals surface area contributed by atoms with Crippen molar-refractivity contribution in [1.29, 1.82) is 0 Å². The fourth-order valence-electron chi connectivity index (χ4n) is 3.81. The lowest BCUT2D eigenvalue weighted by atomic mass is 10.0. The van der Waals surface area contributed by atoms with Crippen molar-refractivity contribution in [3.8, 4) is 45.8 Å². The molecule has 0 radical (unpaired) electrons. The zero-order valence-corrected chi connectivity index (χ0v) is 16.9. The number of phenolic OH excluding ortho intramolecular Hbond substituents is 3. The highest BCUT2D eigenvalue weighted by Gasteiger charge is 2.36. The second kappa shape index (κ2) is 7.64. The number of hydrogen-bond acceptors (Lipinski definition) is 9. The van der Waals surface area contributed by atoms with Crippen LogP contribution in [0.2, 0.25) is 0 Å². The lowest BCUT2D eigenvalue weighted by molar-refractivity contribution is -0.0119. The molecule has 3 aromatic carbocycles. The van der Waals surface area contributed by atoms with E-state index in [-0.39, 0.29) is 39.7 Å². The minimum atomic E-state index is -0.897. The second-order valence-corrected chi connectivity index (χ2v) is 7.55. The van der Waals surface area contributed by atoms with E-state index in [1.807, 2.05) is 0 Å². The summed E-state index contributed by atoms with van der Waals surface area (Å²) in [5.74, 6) is -1.31. The summed E-state index contributed by atoms with van der Waals surface area (Å²) < 4.78 is 17.8. The molecule has 9 heteroatoms. The van der Waals surface area contributed by atoms with Crippen LogP contribution in [0.4, 0.5) is 0 Å². The van der Waals surface area contributed by atoms with E-state index < -0.39 is 35.7 Å². The summed E-state index contributed by atoms with van der Waals surface area (Å²) in [5, 5.41) is 49.7. The zero-order valence-electron chi connectivity index (χ0n) is 16.9. The smallest absolute Gasteiger partial charge is 0.238 e. The quantitative estimate of drug-likeness (QED) is 0.317. The average molecular weight is 450 g/mol. The van der Waals surface area contributed by atoms with Crippen molar-refractivity contribution in [2.24, 2.45) is 0 Å². The SMILES string of the molecule is O=c1c(O)c(-c2ccc(O)cc2)oc2c3c(cc(O)c12)O[C@@H](c1ccc(O)cc1)[C@H](CO)O3. The molecule has 0 fully saturated rings. The molecular formula is C24H18O9. The maximum absolute atomic E-state index is 12.9. The van der Waals surface area contributed by atoms with Gasteiger partial charge < -0.3 is 39.4 Å². The highest BCUT2D eigenvalue weighted by Crippen LogP contribution is 2.48. The molecule has 0 bridgehead atoms. The summed E-state index contributed by atoms with van der Waals surface area (Å²) >= 11 is 0. The van der Waals surface area contributed by atoms with Gasteiger partial charge in [-0.2, -0.15) is 0 Å². The highest BCUT2D eigenvalue weighted by atomic mass is 16.6. The van der Waals surface area contributed by atoms with Crippen molar-refractivity contribution < 1.29 is 39.4 Å². The Hall–Kier alpha value is -4.37. The topological polar surface area (TPSA) is 150 Å². The first kappa shape index (κ1) is 20.5. The molecule has 0 aliphatic carbocycles. The van der Waals surface area contributed by atoms with Gasteiger partial charge in [0.15, 0.2) is 29.3 Å². The third kappa shape index (κ3) is 3.35. The molecule has 0 spiro atoms. The van der Waals surface area contributed by atoms with E-state index in [1.54, 1.807) is 12.1 Å². The minimum Gasteiger partial charge on any atom is -0.508 e. The lowest BCUT2D eigenvalue weighted by Gasteiger charge is -2.33. The summed E-state index contributed by atoms with van der Waals surface area (Å²) in [6, 6.07) is 12.9. The Labute approximate surface area is 185 Å². The zero-order chi connectivity index (χ0) is 23.3. The van der Waals surface area contributed by atoms with Crippen LogP contribution in [0, 0.1) is 0 Å². The summed E-state index contributed by atoms with van der Waals surface area (Å²) in [5.41, 5.74) is -0.143. The standard InChI is InChI=1S/C24H18O9/c25-10-17-21(11-1-5-13(26)6-2-11)31-16-9-15(28)18-19(29)20(30)22(33-24(18)23(16)32-17)12-3-7-14(27)8-4-12/h1-9,17,21,25-28,30H,10H2/t17-,21-/m0/s1. The molecular weight excluding hydrogens is 432 g/mol. The van der Waals surface area contributed by atoms with Crippen LogP contribution in [0.5, 0.6) is 34.5 Å². The van der Waals surface area contributed by atoms with Gasteiger partial charge in [-0.1, -0.05) is 12.1 Å². The van der Waals surface area contributed by atoms with Crippen LogP contribution in [0.1, 0.15) is 11.7 Å². The van der Waals surface area contributed by atoms with Gasteiger partial charge in [0.25, 0.3) is 0 Å². The number of aromatic hydroxyl groups is 4. The van der Waals surface area contributed by atoms with Crippen molar-refractivity contribution >= 4 is 11.0 Å². The second-order valence-electron chi connectivity index (χ2n) is 7.55. The normalized spacial score (nSPS) is 17.2. The molecule has 0 saturated heterocycles. The largest absolute Gasteiger partial charge is 0.508 e. The summed E-state index contributed by atoms with van der Waals surface area (Å²) in [6.45, 7) is -0.444. The third-order valence-electron chi connectivity index (χ3n) is 5.43. The Morgan fingerprint density at radius 2 is 1.48 bits per heavy atom. The van der Waals surface area contributed by atoms with Crippen LogP contribution in [0.25, 0.3) is 22.3 Å². The van der Waals surface area contributed by atoms with Crippen LogP contribution < -0.4 is 14.9 Å². The van der Waals surface area contributed by atoms with Gasteiger partial charge in [0.1, 0.15) is 22.6 Å². The molecule has 1 aliphatic heterocycles. The van der Waals surface area contributed by atoms with Crippen molar-refractivity contribution in [3.05, 3.63) is 70.4 Å². The van der Waals surface area contributed by atoms with E-state index >= 15 is 0 Å². The van der Waals surface area contributed by atoms with E-state index in [2.05, 4.69) is 0 Å². The Kier molecular flexibility index (Phi) is 4.75. The predicted octanol–water partition coefficient (Wildman–Crippen LogP) is 3.16. The first-order chi connectivity index (χ1) is 15.9. The summed E-state index contributed by atoms with van der Waals surface area (Å²) in [6.07, 6.45) is -1.67. The molecule has 0 unspecified atom stereocenters. The fraction of sp³-hybridized carbons (Fsp3) is 0.125. The number of hydrogen-bond donors (Lipinski definition) is 5. The number of aliphatic hydroxyl groups is 1. The molecule has 5 rings (SSSR count). The molecule has 1 aromatic heterocycles. The summed E-state index contributed by atoms with van der Waals surface area (Å²) in [7, 11) is 0. The first-order valence-electron chi connectivity index (χ1n) is 9.95. The number of fused-ring (bicyclic) bond motifs is 3. The van der Waals surface area contributed by atoms with E-state index in [0.717, 1.165) is 0 Å². The lowest BCUT2D eigenvalue weighted by Crippen LogP contribution is -2.36. The number of aliphatic hydroxyl groups excluding tert-OH is 1. The van der Waals surface area contributed by atoms with Gasteiger partial charge in [-0.15, -0.1) is 0 Å². The molecule has 1 aliphatic rings. The third-order valence-corrected chi connectivity index (χ3v) is 5.43. The molecule has 33 heavy (non-hydrogen) atoms. The van der Waals surface area contributed by atoms with Crippen molar-refractivity contribution in [2.75, 3.05) is 6.61 Å². The monoisotopic (exact) mass is 450 g/mol. The van der Waals surface area contributed by atoms with Crippen molar-refractivity contribution in [3.63, 3.8) is 0 Å². The van der Waals surface area contributed by atoms with Gasteiger partial charge in [0, 0.05) is 11.6 Å². The van der Waals surface area contributed by atoms with Gasteiger partial charge >= 0.3 is 0 Å². The van der Waals surface area contributed by atoms with Gasteiger partial charge in [-0.05, 0) is 42.0 Å². The van der Waals surface area contributed by atoms with Crippen LogP contribution in [-0.4, -0.2) is 38.2 Å². The maximum Gasteiger partial charge on any atom is 0.238 e. The van der Waals surface area contributed by atoms with Gasteiger partial charge in [0.05, 0.1) is 6.61 Å². The van der Waals surface area contributed by atoms with E-state index in [0.29, 0.717) is 11.1 Å². The van der Waals surface area contributed by atoms with Gasteiger partial charge in [-0.3, -0.25) is 4.79 Å². The van der Waals surface area contributed by atoms with E-state index in [9.17, 15) is 30.3 Å². The molecule has 2 atom stereocenters. The number of benzene rings is 3. The molecule has 168 valence electrons. The Morgan fingerprint density at radius 1 is 0.848 bits per heavy atom. The van der Waals surface area contributed by atoms with Crippen LogP contribution >= 0.6 is 0 Å². The van der Waals surface area contributed by atoms with Gasteiger partial charge in [0.2, 0.25) is 16.9 Å². The van der Waals surface area contributed by atoms with Crippen molar-refractivity contribution in [1.82, 2.24) is 0 Å². The first-order valence-corrected chi connectivity index (χ1v) is 9.95. The van der Waals surface area contributed by atoms with E-state index in [4.69, 9.17) is 13.9 Å². The summed E-state index contributed by atoms with van der Waals surface area (Å²) in [4.78, 5) is 12.9. The predicted molar refractivity (Wildman–Crippen MR) is 116 cm³/mol. The Morgan fingerprint density at radius 3 is 2.12 bits per heavy atom. The number of rotatable bonds is 3. The Bertz CT molecular complexity index is 1410. The molecule has 0 saturated carbocycles. The van der Waals surface area contributed by atoms with Crippen molar-refractivity contribution in [2.45, 2.75) is 12.2 Å². The minimum absolute atomic E-state index is 0.0146. The molecule has 5 N–H and O–H groups in total. The number of ether oxygens (including phenoxy) is 2. The fourth-order valence-corrected chi connectivity index (χ4v) is 3.81. The maximum atomic E-state index is 12.9. The molecule has 9 nitrogen and oxygen atoms in total.